The van der Waals surface area contributed by atoms with Gasteiger partial charge in [-0.3, -0.25) is 9.69 Å². The molecule has 0 N–H and O–H groups in total. The van der Waals surface area contributed by atoms with E-state index in [4.69, 9.17) is 11.6 Å². The van der Waals surface area contributed by atoms with Crippen LogP contribution in [0.3, 0.4) is 0 Å². The zero-order valence-corrected chi connectivity index (χ0v) is 15.0. The number of amides is 1. The fourth-order valence-electron chi connectivity index (χ4n) is 3.44. The third kappa shape index (κ3) is 4.59. The van der Waals surface area contributed by atoms with E-state index in [1.165, 1.54) is 17.7 Å². The Kier molecular flexibility index (Phi) is 5.71. The first kappa shape index (κ1) is 17.9. The van der Waals surface area contributed by atoms with Crippen molar-refractivity contribution in [2.24, 2.45) is 0 Å². The molecule has 0 aromatic heterocycles. The Balaban J connectivity index is 1.62. The van der Waals surface area contributed by atoms with E-state index in [0.29, 0.717) is 0 Å². The average molecular weight is 361 g/mol. The summed E-state index contributed by atoms with van der Waals surface area (Å²) in [7, 11) is 0. The number of anilines is 1. The number of halogens is 2. The second-order valence-corrected chi connectivity index (χ2v) is 6.94. The molecule has 132 valence electrons. The number of piperidine rings is 1. The van der Waals surface area contributed by atoms with Crippen molar-refractivity contribution in [1.29, 1.82) is 0 Å². The standard InChI is InChI=1S/C20H22ClFN2O/c1-15(25)24(19-8-6-18(22)7-9-19)20-10-12-23(13-11-20)14-16-2-4-17(21)5-3-16/h2-9,20H,10-14H2,1H3. The molecule has 0 saturated carbocycles. The van der Waals surface area contributed by atoms with E-state index >= 15 is 0 Å². The highest BCUT2D eigenvalue weighted by Crippen LogP contribution is 2.25. The lowest BCUT2D eigenvalue weighted by Gasteiger charge is -2.38. The summed E-state index contributed by atoms with van der Waals surface area (Å²) in [6.45, 7) is 4.32. The third-order valence-corrected chi connectivity index (χ3v) is 4.94. The molecule has 1 saturated heterocycles. The number of carbonyl (C=O) groups is 1. The van der Waals surface area contributed by atoms with E-state index in [1.807, 2.05) is 12.1 Å². The maximum Gasteiger partial charge on any atom is 0.224 e. The van der Waals surface area contributed by atoms with Gasteiger partial charge in [0.2, 0.25) is 5.91 Å². The lowest BCUT2D eigenvalue weighted by Crippen LogP contribution is -2.46. The van der Waals surface area contributed by atoms with Gasteiger partial charge in [0.1, 0.15) is 5.82 Å². The minimum atomic E-state index is -0.287. The van der Waals surface area contributed by atoms with Crippen molar-refractivity contribution in [3.8, 4) is 0 Å². The topological polar surface area (TPSA) is 23.6 Å². The maximum absolute atomic E-state index is 13.2. The van der Waals surface area contributed by atoms with Crippen molar-refractivity contribution in [3.63, 3.8) is 0 Å². The van der Waals surface area contributed by atoms with Gasteiger partial charge in [-0.25, -0.2) is 4.39 Å². The fourth-order valence-corrected chi connectivity index (χ4v) is 3.56. The number of likely N-dealkylation sites (tertiary alicyclic amines) is 1. The van der Waals surface area contributed by atoms with Crippen LogP contribution in [0, 0.1) is 5.82 Å². The van der Waals surface area contributed by atoms with Crippen molar-refractivity contribution in [1.82, 2.24) is 4.90 Å². The molecule has 1 fully saturated rings. The Morgan fingerprint density at radius 3 is 2.28 bits per heavy atom. The van der Waals surface area contributed by atoms with Gasteiger partial charge in [-0.2, -0.15) is 0 Å². The van der Waals surface area contributed by atoms with Crippen LogP contribution in [0.4, 0.5) is 10.1 Å². The first-order chi connectivity index (χ1) is 12.0. The Morgan fingerprint density at radius 1 is 1.12 bits per heavy atom. The minimum absolute atomic E-state index is 0.00256. The second kappa shape index (κ2) is 7.98. The molecule has 2 aromatic carbocycles. The van der Waals surface area contributed by atoms with Gasteiger partial charge in [-0.1, -0.05) is 23.7 Å². The molecule has 0 radical (unpaired) electrons. The highest BCUT2D eigenvalue weighted by atomic mass is 35.5. The molecule has 0 aliphatic carbocycles. The number of benzene rings is 2. The lowest BCUT2D eigenvalue weighted by molar-refractivity contribution is -0.117. The van der Waals surface area contributed by atoms with Gasteiger partial charge in [0.15, 0.2) is 0 Å². The highest BCUT2D eigenvalue weighted by molar-refractivity contribution is 6.30. The molecule has 3 nitrogen and oxygen atoms in total. The van der Waals surface area contributed by atoms with Crippen LogP contribution in [0.25, 0.3) is 0 Å². The summed E-state index contributed by atoms with van der Waals surface area (Å²) in [6, 6.07) is 14.2. The van der Waals surface area contributed by atoms with E-state index in [-0.39, 0.29) is 17.8 Å². The average Bonchev–Trinajstić information content (AvgIpc) is 2.60. The van der Waals surface area contributed by atoms with Crippen LogP contribution >= 0.6 is 11.6 Å². The van der Waals surface area contributed by atoms with Gasteiger partial charge in [-0.15, -0.1) is 0 Å². The van der Waals surface area contributed by atoms with Gasteiger partial charge in [0.05, 0.1) is 0 Å². The number of nitrogens with zero attached hydrogens (tertiary/aromatic N) is 2. The number of carbonyl (C=O) groups excluding carboxylic acids is 1. The maximum atomic E-state index is 13.2. The van der Waals surface area contributed by atoms with Gasteiger partial charge in [0.25, 0.3) is 0 Å². The summed E-state index contributed by atoms with van der Waals surface area (Å²) in [5, 5.41) is 0.749. The van der Waals surface area contributed by atoms with E-state index in [1.54, 1.807) is 24.0 Å². The number of rotatable bonds is 4. The Labute approximate surface area is 153 Å². The molecule has 25 heavy (non-hydrogen) atoms. The van der Waals surface area contributed by atoms with Crippen molar-refractivity contribution < 1.29 is 9.18 Å². The summed E-state index contributed by atoms with van der Waals surface area (Å²) >= 11 is 5.93. The van der Waals surface area contributed by atoms with Gasteiger partial charge in [-0.05, 0) is 54.8 Å². The van der Waals surface area contributed by atoms with Crippen molar-refractivity contribution in [3.05, 3.63) is 64.9 Å². The molecule has 3 rings (SSSR count). The van der Waals surface area contributed by atoms with Crippen LogP contribution in [0.15, 0.2) is 48.5 Å². The fraction of sp³-hybridized carbons (Fsp3) is 0.350. The zero-order chi connectivity index (χ0) is 17.8. The number of hydrogen-bond donors (Lipinski definition) is 0. The predicted molar refractivity (Wildman–Crippen MR) is 99.3 cm³/mol. The van der Waals surface area contributed by atoms with E-state index < -0.39 is 0 Å². The highest BCUT2D eigenvalue weighted by Gasteiger charge is 2.27. The van der Waals surface area contributed by atoms with Gasteiger partial charge in [0, 0.05) is 43.3 Å². The van der Waals surface area contributed by atoms with Crippen LogP contribution in [0.2, 0.25) is 5.02 Å². The summed E-state index contributed by atoms with van der Waals surface area (Å²) < 4.78 is 13.2. The summed E-state index contributed by atoms with van der Waals surface area (Å²) in [4.78, 5) is 16.3. The lowest BCUT2D eigenvalue weighted by atomic mass is 10.0. The Morgan fingerprint density at radius 2 is 1.72 bits per heavy atom. The van der Waals surface area contributed by atoms with E-state index in [0.717, 1.165) is 43.2 Å². The molecule has 0 spiro atoms. The largest absolute Gasteiger partial charge is 0.310 e. The monoisotopic (exact) mass is 360 g/mol. The van der Waals surface area contributed by atoms with Gasteiger partial charge < -0.3 is 4.90 Å². The van der Waals surface area contributed by atoms with Crippen LogP contribution in [-0.2, 0) is 11.3 Å². The van der Waals surface area contributed by atoms with Crippen LogP contribution in [-0.4, -0.2) is 29.9 Å². The third-order valence-electron chi connectivity index (χ3n) is 4.69. The molecule has 0 atom stereocenters. The first-order valence-corrected chi connectivity index (χ1v) is 8.93. The van der Waals surface area contributed by atoms with Crippen LogP contribution in [0.5, 0.6) is 0 Å². The molecule has 2 aromatic rings. The molecule has 1 aliphatic heterocycles. The summed E-state index contributed by atoms with van der Waals surface area (Å²) in [5.74, 6) is -0.284. The Bertz CT molecular complexity index is 709. The van der Waals surface area contributed by atoms with Crippen molar-refractivity contribution >= 4 is 23.2 Å². The van der Waals surface area contributed by atoms with E-state index in [9.17, 15) is 9.18 Å². The second-order valence-electron chi connectivity index (χ2n) is 6.50. The SMILES string of the molecule is CC(=O)N(c1ccc(F)cc1)C1CCN(Cc2ccc(Cl)cc2)CC1. The first-order valence-electron chi connectivity index (χ1n) is 8.55. The van der Waals surface area contributed by atoms with Gasteiger partial charge >= 0.3 is 0 Å². The molecular formula is C20H22ClFN2O. The molecule has 5 heteroatoms. The molecule has 1 amide bonds. The zero-order valence-electron chi connectivity index (χ0n) is 14.3. The van der Waals surface area contributed by atoms with Crippen molar-refractivity contribution in [2.75, 3.05) is 18.0 Å². The Hall–Kier alpha value is -1.91. The quantitative estimate of drug-likeness (QED) is 0.801. The van der Waals surface area contributed by atoms with Crippen LogP contribution in [0.1, 0.15) is 25.3 Å². The summed E-state index contributed by atoms with van der Waals surface area (Å²) in [6.07, 6.45) is 1.81. The normalized spacial score (nSPS) is 16.0. The van der Waals surface area contributed by atoms with Crippen molar-refractivity contribution in [2.45, 2.75) is 32.4 Å². The minimum Gasteiger partial charge on any atom is -0.310 e. The number of hydrogen-bond acceptors (Lipinski definition) is 2. The van der Waals surface area contributed by atoms with E-state index in [2.05, 4.69) is 17.0 Å². The molecular weight excluding hydrogens is 339 g/mol. The molecule has 1 heterocycles. The smallest absolute Gasteiger partial charge is 0.224 e. The van der Waals surface area contributed by atoms with Crippen LogP contribution < -0.4 is 4.90 Å². The molecule has 0 bridgehead atoms. The predicted octanol–water partition coefficient (Wildman–Crippen LogP) is 4.50. The molecule has 0 unspecified atom stereocenters. The summed E-state index contributed by atoms with van der Waals surface area (Å²) in [5.41, 5.74) is 2.01. The molecule has 1 aliphatic rings.